The second-order valence-electron chi connectivity index (χ2n) is 5.10. The third-order valence-electron chi connectivity index (χ3n) is 2.97. The number of carbonyl (C=O) groups is 5. The molecular formula is C13H20N4O5. The fourth-order valence-corrected chi connectivity index (χ4v) is 1.85. The van der Waals surface area contributed by atoms with Crippen molar-refractivity contribution in [3.63, 3.8) is 0 Å². The maximum atomic E-state index is 11.9. The summed E-state index contributed by atoms with van der Waals surface area (Å²) < 4.78 is 0. The van der Waals surface area contributed by atoms with Gasteiger partial charge >= 0.3 is 23.9 Å². The second kappa shape index (κ2) is 7.53. The number of imide groups is 3. The summed E-state index contributed by atoms with van der Waals surface area (Å²) in [5, 5.41) is 4.46. The first kappa shape index (κ1) is 17.6. The van der Waals surface area contributed by atoms with Crippen LogP contribution in [0.5, 0.6) is 0 Å². The molecule has 0 unspecified atom stereocenters. The number of amides is 7. The Kier molecular flexibility index (Phi) is 6.02. The minimum atomic E-state index is -1.07. The molecule has 0 spiro atoms. The molecule has 0 bridgehead atoms. The molecule has 22 heavy (non-hydrogen) atoms. The Hall–Kier alpha value is -2.45. The van der Waals surface area contributed by atoms with Crippen molar-refractivity contribution in [2.24, 2.45) is 0 Å². The van der Waals surface area contributed by atoms with Gasteiger partial charge in [0, 0.05) is 12.6 Å². The number of unbranched alkanes of at least 4 members (excludes halogenated alkanes) is 1. The molecule has 0 aromatic heterocycles. The van der Waals surface area contributed by atoms with Crippen molar-refractivity contribution in [1.82, 2.24) is 20.4 Å². The zero-order chi connectivity index (χ0) is 16.9. The molecule has 122 valence electrons. The highest BCUT2D eigenvalue weighted by molar-refractivity contribution is 6.45. The maximum absolute atomic E-state index is 11.9. The van der Waals surface area contributed by atoms with Crippen LogP contribution in [0, 0.1) is 0 Å². The number of rotatable bonds is 6. The van der Waals surface area contributed by atoms with E-state index >= 15 is 0 Å². The van der Waals surface area contributed by atoms with Crippen molar-refractivity contribution in [2.75, 3.05) is 13.1 Å². The van der Waals surface area contributed by atoms with Crippen LogP contribution in [0.25, 0.3) is 0 Å². The summed E-state index contributed by atoms with van der Waals surface area (Å²) in [6, 6.07) is -2.05. The zero-order valence-corrected chi connectivity index (χ0v) is 12.8. The summed E-state index contributed by atoms with van der Waals surface area (Å²) in [4.78, 5) is 59.6. The Balaban J connectivity index is 2.57. The number of carbonyl (C=O) groups excluding carboxylic acids is 5. The van der Waals surface area contributed by atoms with E-state index in [-0.39, 0.29) is 0 Å². The van der Waals surface area contributed by atoms with Gasteiger partial charge in [-0.15, -0.1) is 0 Å². The Bertz CT molecular complexity index is 503. The lowest BCUT2D eigenvalue weighted by atomic mass is 10.3. The molecule has 0 radical (unpaired) electrons. The highest BCUT2D eigenvalue weighted by Crippen LogP contribution is 2.14. The van der Waals surface area contributed by atoms with Crippen LogP contribution in [0.3, 0.4) is 0 Å². The summed E-state index contributed by atoms with van der Waals surface area (Å²) in [7, 11) is 0. The molecule has 2 N–H and O–H groups in total. The van der Waals surface area contributed by atoms with E-state index < -0.39 is 42.4 Å². The smallest absolute Gasteiger partial charge is 0.334 e. The molecule has 0 saturated carbocycles. The van der Waals surface area contributed by atoms with Gasteiger partial charge in [0.25, 0.3) is 0 Å². The van der Waals surface area contributed by atoms with Gasteiger partial charge in [0.1, 0.15) is 6.54 Å². The molecule has 7 amide bonds. The van der Waals surface area contributed by atoms with Crippen LogP contribution in [-0.4, -0.2) is 58.7 Å². The molecule has 0 aromatic carbocycles. The first-order valence-corrected chi connectivity index (χ1v) is 7.06. The Morgan fingerprint density at radius 1 is 1.14 bits per heavy atom. The number of nitrogens with zero attached hydrogens (tertiary/aromatic N) is 2. The Morgan fingerprint density at radius 2 is 1.77 bits per heavy atom. The molecule has 1 aliphatic rings. The monoisotopic (exact) mass is 312 g/mol. The fourth-order valence-electron chi connectivity index (χ4n) is 1.85. The van der Waals surface area contributed by atoms with E-state index in [1.54, 1.807) is 13.8 Å². The normalized spacial score (nSPS) is 14.8. The predicted octanol–water partition coefficient (Wildman–Crippen LogP) is -0.188. The molecular weight excluding hydrogens is 292 g/mol. The summed E-state index contributed by atoms with van der Waals surface area (Å²) in [6.45, 7) is 4.85. The van der Waals surface area contributed by atoms with Crippen molar-refractivity contribution < 1.29 is 24.0 Å². The lowest BCUT2D eigenvalue weighted by molar-refractivity contribution is -0.144. The van der Waals surface area contributed by atoms with Crippen molar-refractivity contribution in [1.29, 1.82) is 0 Å². The van der Waals surface area contributed by atoms with E-state index in [9.17, 15) is 24.0 Å². The van der Waals surface area contributed by atoms with Crippen LogP contribution in [0.4, 0.5) is 9.59 Å². The molecule has 9 heteroatoms. The Morgan fingerprint density at radius 3 is 2.27 bits per heavy atom. The predicted molar refractivity (Wildman–Crippen MR) is 75.5 cm³/mol. The van der Waals surface area contributed by atoms with E-state index in [0.717, 1.165) is 17.7 Å². The van der Waals surface area contributed by atoms with Crippen LogP contribution < -0.4 is 10.6 Å². The first-order valence-electron chi connectivity index (χ1n) is 7.06. The molecule has 1 fully saturated rings. The largest absolute Gasteiger partial charge is 0.338 e. The second-order valence-corrected chi connectivity index (χ2v) is 5.10. The standard InChI is InChI=1S/C13H20N4O5/c1-4-5-6-14-12(21)15-9(18)7-16-10(19)11(20)17(8(2)3)13(16)22/h8H,4-7H2,1-3H3,(H2,14,15,18,21). The van der Waals surface area contributed by atoms with Crippen LogP contribution in [0.15, 0.2) is 0 Å². The quantitative estimate of drug-likeness (QED) is 0.401. The number of hydrogen-bond donors (Lipinski definition) is 2. The molecule has 9 nitrogen and oxygen atoms in total. The van der Waals surface area contributed by atoms with Crippen LogP contribution >= 0.6 is 0 Å². The number of hydrogen-bond acceptors (Lipinski definition) is 5. The highest BCUT2D eigenvalue weighted by atomic mass is 16.2. The van der Waals surface area contributed by atoms with Gasteiger partial charge in [-0.1, -0.05) is 13.3 Å². The van der Waals surface area contributed by atoms with Gasteiger partial charge in [-0.05, 0) is 20.3 Å². The van der Waals surface area contributed by atoms with Crippen LogP contribution in [0.1, 0.15) is 33.6 Å². The van der Waals surface area contributed by atoms with Gasteiger partial charge in [-0.3, -0.25) is 24.6 Å². The maximum Gasteiger partial charge on any atom is 0.334 e. The third kappa shape index (κ3) is 4.03. The SMILES string of the molecule is CCCCNC(=O)NC(=O)CN1C(=O)C(=O)N(C(C)C)C1=O. The molecule has 1 rings (SSSR count). The van der Waals surface area contributed by atoms with Crippen molar-refractivity contribution in [2.45, 2.75) is 39.7 Å². The molecule has 0 atom stereocenters. The summed E-state index contributed by atoms with van der Waals surface area (Å²) in [6.07, 6.45) is 1.65. The minimum absolute atomic E-state index is 0.413. The summed E-state index contributed by atoms with van der Waals surface area (Å²) >= 11 is 0. The lowest BCUT2D eigenvalue weighted by Crippen LogP contribution is -2.46. The lowest BCUT2D eigenvalue weighted by Gasteiger charge is -2.18. The first-order chi connectivity index (χ1) is 10.3. The van der Waals surface area contributed by atoms with Crippen LogP contribution in [0.2, 0.25) is 0 Å². The van der Waals surface area contributed by atoms with Gasteiger partial charge < -0.3 is 5.32 Å². The molecule has 1 aliphatic heterocycles. The average Bonchev–Trinajstić information content (AvgIpc) is 2.63. The zero-order valence-electron chi connectivity index (χ0n) is 12.8. The van der Waals surface area contributed by atoms with E-state index in [1.165, 1.54) is 0 Å². The minimum Gasteiger partial charge on any atom is -0.338 e. The highest BCUT2D eigenvalue weighted by Gasteiger charge is 2.46. The molecule has 1 heterocycles. The van der Waals surface area contributed by atoms with E-state index in [0.29, 0.717) is 11.4 Å². The molecule has 0 aromatic rings. The number of nitrogens with one attached hydrogen (secondary N) is 2. The average molecular weight is 312 g/mol. The molecule has 1 saturated heterocycles. The van der Waals surface area contributed by atoms with Crippen LogP contribution in [-0.2, 0) is 14.4 Å². The van der Waals surface area contributed by atoms with Crippen molar-refractivity contribution in [3.8, 4) is 0 Å². The number of urea groups is 2. The summed E-state index contributed by atoms with van der Waals surface area (Å²) in [5.74, 6) is -2.88. The topological polar surface area (TPSA) is 116 Å². The third-order valence-corrected chi connectivity index (χ3v) is 2.97. The van der Waals surface area contributed by atoms with E-state index in [1.807, 2.05) is 12.2 Å². The van der Waals surface area contributed by atoms with E-state index in [4.69, 9.17) is 0 Å². The van der Waals surface area contributed by atoms with Crippen molar-refractivity contribution >= 4 is 29.8 Å². The van der Waals surface area contributed by atoms with Gasteiger partial charge in [0.15, 0.2) is 0 Å². The van der Waals surface area contributed by atoms with Gasteiger partial charge in [-0.25, -0.2) is 14.5 Å². The molecule has 0 aliphatic carbocycles. The van der Waals surface area contributed by atoms with Crippen molar-refractivity contribution in [3.05, 3.63) is 0 Å². The summed E-state index contributed by atoms with van der Waals surface area (Å²) in [5.41, 5.74) is 0. The fraction of sp³-hybridized carbons (Fsp3) is 0.615. The Labute approximate surface area is 128 Å². The van der Waals surface area contributed by atoms with Gasteiger partial charge in [-0.2, -0.15) is 0 Å². The van der Waals surface area contributed by atoms with E-state index in [2.05, 4.69) is 5.32 Å². The van der Waals surface area contributed by atoms with Gasteiger partial charge in [0.2, 0.25) is 5.91 Å². The van der Waals surface area contributed by atoms with Gasteiger partial charge in [0.05, 0.1) is 0 Å².